The highest BCUT2D eigenvalue weighted by Gasteiger charge is 1.99. The van der Waals surface area contributed by atoms with E-state index in [9.17, 15) is 0 Å². The van der Waals surface area contributed by atoms with Gasteiger partial charge in [-0.05, 0) is 6.42 Å². The lowest BCUT2D eigenvalue weighted by Gasteiger charge is -2.09. The molecule has 4 heteroatoms. The lowest BCUT2D eigenvalue weighted by molar-refractivity contribution is -0.165. The van der Waals surface area contributed by atoms with Crippen LogP contribution in [0.3, 0.4) is 0 Å². The van der Waals surface area contributed by atoms with Crippen molar-refractivity contribution in [2.75, 3.05) is 13.2 Å². The van der Waals surface area contributed by atoms with E-state index in [1.165, 1.54) is 32.1 Å². The van der Waals surface area contributed by atoms with Gasteiger partial charge in [0, 0.05) is 6.54 Å². The number of hydroxylamine groups is 1. The molecule has 86 valence electrons. The fraction of sp³-hybridized carbons (Fsp3) is 1.00. The third kappa shape index (κ3) is 9.92. The van der Waals surface area contributed by atoms with Gasteiger partial charge in [-0.3, -0.25) is 4.84 Å². The Kier molecular flexibility index (Phi) is 10.8. The van der Waals surface area contributed by atoms with E-state index in [-0.39, 0.29) is 6.61 Å². The van der Waals surface area contributed by atoms with Gasteiger partial charge in [-0.1, -0.05) is 39.0 Å². The minimum atomic E-state index is -1.10. The van der Waals surface area contributed by atoms with E-state index >= 15 is 0 Å². The molecule has 0 aliphatic rings. The van der Waals surface area contributed by atoms with E-state index in [1.807, 2.05) is 0 Å². The Bertz CT molecular complexity index is 112. The molecule has 4 nitrogen and oxygen atoms in total. The summed E-state index contributed by atoms with van der Waals surface area (Å²) in [7, 11) is 0. The minimum Gasteiger partial charge on any atom is -0.391 e. The molecular weight excluding hydrogens is 182 g/mol. The molecule has 0 saturated carbocycles. The van der Waals surface area contributed by atoms with E-state index < -0.39 is 6.29 Å². The molecule has 0 heterocycles. The highest BCUT2D eigenvalue weighted by molar-refractivity contribution is 4.44. The Hall–Kier alpha value is -0.160. The molecule has 3 N–H and O–H groups in total. The van der Waals surface area contributed by atoms with Gasteiger partial charge in [0.15, 0.2) is 6.29 Å². The van der Waals surface area contributed by atoms with E-state index in [0.717, 1.165) is 13.0 Å². The second-order valence-electron chi connectivity index (χ2n) is 3.42. The number of aliphatic hydroxyl groups excluding tert-OH is 2. The quantitative estimate of drug-likeness (QED) is 0.285. The molecule has 0 radical (unpaired) electrons. The summed E-state index contributed by atoms with van der Waals surface area (Å²) in [5, 5.41) is 17.2. The average Bonchev–Trinajstić information content (AvgIpc) is 2.21. The van der Waals surface area contributed by atoms with Gasteiger partial charge in [0.1, 0.15) is 0 Å². The molecule has 0 saturated heterocycles. The Morgan fingerprint density at radius 1 is 1.14 bits per heavy atom. The van der Waals surface area contributed by atoms with Crippen LogP contribution in [0.4, 0.5) is 0 Å². The molecule has 0 aromatic heterocycles. The highest BCUT2D eigenvalue weighted by atomic mass is 16.7. The number of unbranched alkanes of at least 4 members (excludes halogenated alkanes) is 5. The van der Waals surface area contributed by atoms with Crippen LogP contribution in [0.25, 0.3) is 0 Å². The fourth-order valence-corrected chi connectivity index (χ4v) is 1.17. The van der Waals surface area contributed by atoms with Crippen LogP contribution in [0.1, 0.15) is 45.4 Å². The lowest BCUT2D eigenvalue weighted by atomic mass is 10.1. The van der Waals surface area contributed by atoms with Gasteiger partial charge in [-0.25, -0.2) is 0 Å². The maximum atomic E-state index is 8.80. The number of hydrogen-bond donors (Lipinski definition) is 3. The highest BCUT2D eigenvalue weighted by Crippen LogP contribution is 2.03. The summed E-state index contributed by atoms with van der Waals surface area (Å²) in [6.45, 7) is 2.55. The van der Waals surface area contributed by atoms with Crippen LogP contribution >= 0.6 is 0 Å². The standard InChI is InChI=1S/C10H23NO3/c1-2-3-4-5-6-7-8-11-14-10(13)9-12/h10-13H,2-9H2,1H3. The van der Waals surface area contributed by atoms with Crippen molar-refractivity contribution in [3.63, 3.8) is 0 Å². The smallest absolute Gasteiger partial charge is 0.197 e. The van der Waals surface area contributed by atoms with Crippen molar-refractivity contribution in [1.29, 1.82) is 0 Å². The molecule has 14 heavy (non-hydrogen) atoms. The monoisotopic (exact) mass is 205 g/mol. The van der Waals surface area contributed by atoms with Crippen LogP contribution in [0, 0.1) is 0 Å². The number of aliphatic hydroxyl groups is 2. The first kappa shape index (κ1) is 13.8. The van der Waals surface area contributed by atoms with Crippen molar-refractivity contribution >= 4 is 0 Å². The zero-order valence-corrected chi connectivity index (χ0v) is 9.04. The first-order valence-corrected chi connectivity index (χ1v) is 5.48. The molecule has 0 fully saturated rings. The van der Waals surface area contributed by atoms with Crippen LogP contribution in [-0.2, 0) is 4.84 Å². The predicted octanol–water partition coefficient (Wildman–Crippen LogP) is 1.18. The number of nitrogens with one attached hydrogen (secondary N) is 1. The van der Waals surface area contributed by atoms with Crippen molar-refractivity contribution in [2.24, 2.45) is 0 Å². The SMILES string of the molecule is CCCCCCCCNOC(O)CO. The molecule has 1 atom stereocenters. The molecule has 0 aliphatic carbocycles. The third-order valence-electron chi connectivity index (χ3n) is 2.01. The molecule has 0 bridgehead atoms. The molecule has 0 aliphatic heterocycles. The van der Waals surface area contributed by atoms with E-state index in [1.54, 1.807) is 0 Å². The van der Waals surface area contributed by atoms with E-state index in [2.05, 4.69) is 17.2 Å². The summed E-state index contributed by atoms with van der Waals surface area (Å²) in [6.07, 6.45) is 6.27. The van der Waals surface area contributed by atoms with Crippen molar-refractivity contribution < 1.29 is 15.1 Å². The largest absolute Gasteiger partial charge is 0.391 e. The van der Waals surface area contributed by atoms with E-state index in [4.69, 9.17) is 10.2 Å². The van der Waals surface area contributed by atoms with E-state index in [0.29, 0.717) is 0 Å². The third-order valence-corrected chi connectivity index (χ3v) is 2.01. The summed E-state index contributed by atoms with van der Waals surface area (Å²) in [5.41, 5.74) is 2.62. The second-order valence-corrected chi connectivity index (χ2v) is 3.42. The van der Waals surface area contributed by atoms with Gasteiger partial charge in [-0.2, -0.15) is 5.48 Å². The van der Waals surface area contributed by atoms with Gasteiger partial charge < -0.3 is 10.2 Å². The molecule has 0 aromatic carbocycles. The maximum Gasteiger partial charge on any atom is 0.197 e. The van der Waals surface area contributed by atoms with Crippen molar-refractivity contribution in [3.8, 4) is 0 Å². The van der Waals surface area contributed by atoms with Gasteiger partial charge in [0.25, 0.3) is 0 Å². The zero-order valence-electron chi connectivity index (χ0n) is 9.04. The predicted molar refractivity (Wildman–Crippen MR) is 55.6 cm³/mol. The number of hydrogen-bond acceptors (Lipinski definition) is 4. The fourth-order valence-electron chi connectivity index (χ4n) is 1.17. The number of rotatable bonds is 10. The minimum absolute atomic E-state index is 0.372. The molecular formula is C10H23NO3. The molecule has 1 unspecified atom stereocenters. The molecule has 0 amide bonds. The Morgan fingerprint density at radius 3 is 2.43 bits per heavy atom. The normalized spacial score (nSPS) is 13.1. The summed E-state index contributed by atoms with van der Waals surface area (Å²) in [5.74, 6) is 0. The van der Waals surface area contributed by atoms with Crippen LogP contribution in [0.15, 0.2) is 0 Å². The topological polar surface area (TPSA) is 61.7 Å². The summed E-state index contributed by atoms with van der Waals surface area (Å²) in [6, 6.07) is 0. The van der Waals surface area contributed by atoms with Gasteiger partial charge in [0.05, 0.1) is 6.61 Å². The first-order valence-electron chi connectivity index (χ1n) is 5.48. The molecule has 0 aromatic rings. The van der Waals surface area contributed by atoms with Crippen LogP contribution in [-0.4, -0.2) is 29.7 Å². The molecule has 0 spiro atoms. The van der Waals surface area contributed by atoms with Crippen molar-refractivity contribution in [1.82, 2.24) is 5.48 Å². The van der Waals surface area contributed by atoms with Crippen molar-refractivity contribution in [3.05, 3.63) is 0 Å². The second kappa shape index (κ2) is 10.9. The lowest BCUT2D eigenvalue weighted by Crippen LogP contribution is -2.27. The summed E-state index contributed by atoms with van der Waals surface area (Å²) >= 11 is 0. The molecule has 0 rings (SSSR count). The van der Waals surface area contributed by atoms with Gasteiger partial charge >= 0.3 is 0 Å². The first-order chi connectivity index (χ1) is 6.81. The van der Waals surface area contributed by atoms with Crippen LogP contribution in [0.2, 0.25) is 0 Å². The zero-order chi connectivity index (χ0) is 10.6. The maximum absolute atomic E-state index is 8.80. The van der Waals surface area contributed by atoms with Crippen LogP contribution in [0.5, 0.6) is 0 Å². The van der Waals surface area contributed by atoms with Crippen molar-refractivity contribution in [2.45, 2.75) is 51.7 Å². The Morgan fingerprint density at radius 2 is 1.79 bits per heavy atom. The Labute approximate surface area is 86.2 Å². The van der Waals surface area contributed by atoms with Crippen LogP contribution < -0.4 is 5.48 Å². The van der Waals surface area contributed by atoms with Gasteiger partial charge in [-0.15, -0.1) is 0 Å². The average molecular weight is 205 g/mol. The van der Waals surface area contributed by atoms with Gasteiger partial charge in [0.2, 0.25) is 0 Å². The summed E-state index contributed by atoms with van der Waals surface area (Å²) < 4.78 is 0. The Balaban J connectivity index is 2.92. The summed E-state index contributed by atoms with van der Waals surface area (Å²) in [4.78, 5) is 4.67.